The van der Waals surface area contributed by atoms with Crippen molar-refractivity contribution in [3.05, 3.63) is 51.2 Å². The maximum Gasteiger partial charge on any atom is 0.242 e. The van der Waals surface area contributed by atoms with E-state index in [1.165, 1.54) is 4.88 Å². The molecule has 1 aromatic carbocycles. The molecular formula is C24H29ClN2O3S. The molecule has 0 radical (unpaired) electrons. The highest BCUT2D eigenvalue weighted by Gasteiger charge is 2.37. The number of halogens is 1. The number of carbonyl (C=O) groups excluding carboxylic acids is 2. The minimum absolute atomic E-state index is 0.00351. The number of hydrogen-bond acceptors (Lipinski definition) is 4. The Morgan fingerprint density at radius 2 is 1.97 bits per heavy atom. The van der Waals surface area contributed by atoms with E-state index in [0.717, 1.165) is 30.6 Å². The van der Waals surface area contributed by atoms with Crippen LogP contribution in [0.5, 0.6) is 5.75 Å². The summed E-state index contributed by atoms with van der Waals surface area (Å²) in [6.45, 7) is 5.94. The van der Waals surface area contributed by atoms with Crippen LogP contribution < -0.4 is 4.74 Å². The van der Waals surface area contributed by atoms with Gasteiger partial charge in [0.15, 0.2) is 0 Å². The highest BCUT2D eigenvalue weighted by Crippen LogP contribution is 2.35. The molecule has 0 spiro atoms. The Hall–Kier alpha value is -2.05. The van der Waals surface area contributed by atoms with Crippen LogP contribution in [-0.2, 0) is 16.0 Å². The monoisotopic (exact) mass is 460 g/mol. The molecule has 2 heterocycles. The van der Waals surface area contributed by atoms with Gasteiger partial charge in [-0.3, -0.25) is 9.59 Å². The number of benzene rings is 1. The summed E-state index contributed by atoms with van der Waals surface area (Å²) in [5, 5.41) is 2.74. The van der Waals surface area contributed by atoms with Crippen LogP contribution >= 0.6 is 22.9 Å². The number of carbonyl (C=O) groups is 2. The smallest absolute Gasteiger partial charge is 0.242 e. The van der Waals surface area contributed by atoms with Crippen LogP contribution in [-0.4, -0.2) is 47.9 Å². The van der Waals surface area contributed by atoms with Crippen LogP contribution in [0.15, 0.2) is 35.7 Å². The number of amides is 2. The number of nitrogens with zero attached hydrogens (tertiary/aromatic N) is 2. The maximum atomic E-state index is 13.4. The van der Waals surface area contributed by atoms with E-state index in [1.54, 1.807) is 28.4 Å². The van der Waals surface area contributed by atoms with E-state index >= 15 is 0 Å². The zero-order valence-electron chi connectivity index (χ0n) is 18.1. The Morgan fingerprint density at radius 1 is 1.23 bits per heavy atom. The van der Waals surface area contributed by atoms with E-state index in [0.29, 0.717) is 30.6 Å². The van der Waals surface area contributed by atoms with Crippen molar-refractivity contribution in [2.75, 3.05) is 26.2 Å². The first kappa shape index (κ1) is 22.2. The van der Waals surface area contributed by atoms with Gasteiger partial charge in [-0.25, -0.2) is 0 Å². The van der Waals surface area contributed by atoms with Crippen molar-refractivity contribution in [3.63, 3.8) is 0 Å². The molecule has 166 valence electrons. The molecule has 5 nitrogen and oxygen atoms in total. The lowest BCUT2D eigenvalue weighted by atomic mass is 10.00. The molecule has 1 aliphatic heterocycles. The lowest BCUT2D eigenvalue weighted by Gasteiger charge is -2.37. The van der Waals surface area contributed by atoms with Gasteiger partial charge in [0, 0.05) is 28.9 Å². The van der Waals surface area contributed by atoms with Crippen molar-refractivity contribution in [2.45, 2.75) is 39.2 Å². The molecule has 1 aliphatic carbocycles. The maximum absolute atomic E-state index is 13.4. The molecule has 0 N–H and O–H groups in total. The van der Waals surface area contributed by atoms with E-state index in [-0.39, 0.29) is 30.3 Å². The first-order valence-corrected chi connectivity index (χ1v) is 12.2. The first-order chi connectivity index (χ1) is 14.9. The minimum atomic E-state index is -0.157. The Labute approximate surface area is 192 Å². The fraction of sp³-hybridized carbons (Fsp3) is 0.500. The standard InChI is InChI=1S/C24H29ClN2O3S/c1-16(2)13-26(24(29)17-3-4-17)14-23(28)27-11-9-22-20(10-12-31-22)21(27)15-30-19-7-5-18(25)6-8-19/h5-8,10,12,16-17,21H,3-4,9,11,13-15H2,1-2H3/t21-/m0/s1. The van der Waals surface area contributed by atoms with Crippen LogP contribution in [0.25, 0.3) is 0 Å². The van der Waals surface area contributed by atoms with E-state index in [9.17, 15) is 9.59 Å². The quantitative estimate of drug-likeness (QED) is 0.568. The zero-order chi connectivity index (χ0) is 22.0. The summed E-state index contributed by atoms with van der Waals surface area (Å²) in [7, 11) is 0. The lowest BCUT2D eigenvalue weighted by Crippen LogP contribution is -2.48. The minimum Gasteiger partial charge on any atom is -0.491 e. The van der Waals surface area contributed by atoms with Gasteiger partial charge < -0.3 is 14.5 Å². The topological polar surface area (TPSA) is 49.9 Å². The fourth-order valence-corrected chi connectivity index (χ4v) is 5.15. The number of ether oxygens (including phenoxy) is 1. The summed E-state index contributed by atoms with van der Waals surface area (Å²) >= 11 is 7.71. The predicted octanol–water partition coefficient (Wildman–Crippen LogP) is 4.80. The van der Waals surface area contributed by atoms with Gasteiger partial charge in [-0.2, -0.15) is 0 Å². The average Bonchev–Trinajstić information content (AvgIpc) is 3.48. The molecule has 2 amide bonds. The molecular weight excluding hydrogens is 432 g/mol. The van der Waals surface area contributed by atoms with Crippen LogP contribution in [0.4, 0.5) is 0 Å². The van der Waals surface area contributed by atoms with Gasteiger partial charge in [-0.15, -0.1) is 11.3 Å². The van der Waals surface area contributed by atoms with Gasteiger partial charge in [-0.05, 0) is 66.5 Å². The van der Waals surface area contributed by atoms with E-state index in [1.807, 2.05) is 17.0 Å². The summed E-state index contributed by atoms with van der Waals surface area (Å²) < 4.78 is 6.04. The fourth-order valence-electron chi connectivity index (χ4n) is 4.10. The average molecular weight is 461 g/mol. The van der Waals surface area contributed by atoms with Crippen LogP contribution in [0, 0.1) is 11.8 Å². The van der Waals surface area contributed by atoms with Gasteiger partial charge in [0.2, 0.25) is 11.8 Å². The van der Waals surface area contributed by atoms with Gasteiger partial charge >= 0.3 is 0 Å². The normalized spacial score (nSPS) is 18.1. The summed E-state index contributed by atoms with van der Waals surface area (Å²) in [4.78, 5) is 31.1. The largest absolute Gasteiger partial charge is 0.491 e. The third kappa shape index (κ3) is 5.42. The molecule has 0 unspecified atom stereocenters. The molecule has 31 heavy (non-hydrogen) atoms. The molecule has 1 fully saturated rings. The Bertz CT molecular complexity index is 923. The third-order valence-electron chi connectivity index (χ3n) is 5.79. The van der Waals surface area contributed by atoms with Gasteiger partial charge in [-0.1, -0.05) is 25.4 Å². The van der Waals surface area contributed by atoms with Crippen molar-refractivity contribution in [1.82, 2.24) is 9.80 Å². The number of thiophene rings is 1. The second-order valence-corrected chi connectivity index (χ2v) is 10.2. The van der Waals surface area contributed by atoms with Crippen molar-refractivity contribution in [3.8, 4) is 5.75 Å². The van der Waals surface area contributed by atoms with Crippen molar-refractivity contribution < 1.29 is 14.3 Å². The summed E-state index contributed by atoms with van der Waals surface area (Å²) in [6, 6.07) is 9.20. The van der Waals surface area contributed by atoms with E-state index in [4.69, 9.17) is 16.3 Å². The number of hydrogen-bond donors (Lipinski definition) is 0. The van der Waals surface area contributed by atoms with Crippen molar-refractivity contribution in [1.29, 1.82) is 0 Å². The second kappa shape index (κ2) is 9.61. The summed E-state index contributed by atoms with van der Waals surface area (Å²) in [5.74, 6) is 1.29. The molecule has 0 bridgehead atoms. The van der Waals surface area contributed by atoms with Crippen molar-refractivity contribution >= 4 is 34.8 Å². The molecule has 2 aliphatic rings. The van der Waals surface area contributed by atoms with Crippen molar-refractivity contribution in [2.24, 2.45) is 11.8 Å². The predicted molar refractivity (Wildman–Crippen MR) is 124 cm³/mol. The van der Waals surface area contributed by atoms with E-state index < -0.39 is 0 Å². The van der Waals surface area contributed by atoms with E-state index in [2.05, 4.69) is 25.3 Å². The SMILES string of the molecule is CC(C)CN(CC(=O)N1CCc2sccc2[C@@H]1COc1ccc(Cl)cc1)C(=O)C1CC1. The van der Waals surface area contributed by atoms with Gasteiger partial charge in [0.25, 0.3) is 0 Å². The molecule has 2 aromatic rings. The number of fused-ring (bicyclic) bond motifs is 1. The van der Waals surface area contributed by atoms with Crippen LogP contribution in [0.1, 0.15) is 43.2 Å². The molecule has 0 saturated heterocycles. The molecule has 7 heteroatoms. The van der Waals surface area contributed by atoms with Crippen LogP contribution in [0.2, 0.25) is 5.02 Å². The number of rotatable bonds is 8. The molecule has 1 aromatic heterocycles. The molecule has 1 saturated carbocycles. The Kier molecular flexibility index (Phi) is 6.87. The first-order valence-electron chi connectivity index (χ1n) is 10.9. The summed E-state index contributed by atoms with van der Waals surface area (Å²) in [6.07, 6.45) is 2.74. The molecule has 1 atom stereocenters. The highest BCUT2D eigenvalue weighted by atomic mass is 35.5. The zero-order valence-corrected chi connectivity index (χ0v) is 19.6. The highest BCUT2D eigenvalue weighted by molar-refractivity contribution is 7.10. The second-order valence-electron chi connectivity index (χ2n) is 8.80. The molecule has 4 rings (SSSR count). The Balaban J connectivity index is 1.49. The van der Waals surface area contributed by atoms with Gasteiger partial charge in [0.05, 0.1) is 12.6 Å². The third-order valence-corrected chi connectivity index (χ3v) is 7.04. The lowest BCUT2D eigenvalue weighted by molar-refractivity contribution is -0.143. The summed E-state index contributed by atoms with van der Waals surface area (Å²) in [5.41, 5.74) is 1.16. The van der Waals surface area contributed by atoms with Crippen LogP contribution in [0.3, 0.4) is 0 Å². The van der Waals surface area contributed by atoms with Gasteiger partial charge in [0.1, 0.15) is 12.4 Å². The Morgan fingerprint density at radius 3 is 2.65 bits per heavy atom.